The predicted octanol–water partition coefficient (Wildman–Crippen LogP) is 3.60. The number of ether oxygens (including phenoxy) is 1. The third-order valence-electron chi connectivity index (χ3n) is 4.39. The van der Waals surface area contributed by atoms with Crippen LogP contribution in [0.3, 0.4) is 0 Å². The number of aromatic nitrogens is 2. The molecule has 1 N–H and O–H groups in total. The van der Waals surface area contributed by atoms with Crippen molar-refractivity contribution in [1.29, 1.82) is 0 Å². The highest BCUT2D eigenvalue weighted by Crippen LogP contribution is 2.25. The Labute approximate surface area is 151 Å². The fourth-order valence-corrected chi connectivity index (χ4v) is 3.08. The topological polar surface area (TPSA) is 60.2 Å². The van der Waals surface area contributed by atoms with Crippen molar-refractivity contribution in [2.24, 2.45) is 0 Å². The van der Waals surface area contributed by atoms with Crippen molar-refractivity contribution in [1.82, 2.24) is 15.5 Å². The summed E-state index contributed by atoms with van der Waals surface area (Å²) in [6, 6.07) is 14.1. The summed E-state index contributed by atoms with van der Waals surface area (Å²) >= 11 is 0. The van der Waals surface area contributed by atoms with Crippen LogP contribution in [0.15, 0.2) is 53.1 Å². The van der Waals surface area contributed by atoms with Gasteiger partial charge in [-0.25, -0.2) is 4.39 Å². The van der Waals surface area contributed by atoms with Crippen LogP contribution in [0.1, 0.15) is 24.2 Å². The van der Waals surface area contributed by atoms with E-state index in [4.69, 9.17) is 9.26 Å². The molecule has 1 fully saturated rings. The maximum absolute atomic E-state index is 13.3. The summed E-state index contributed by atoms with van der Waals surface area (Å²) in [6.07, 6.45) is 2.66. The predicted molar refractivity (Wildman–Crippen MR) is 95.5 cm³/mol. The van der Waals surface area contributed by atoms with Gasteiger partial charge in [0.2, 0.25) is 0 Å². The summed E-state index contributed by atoms with van der Waals surface area (Å²) in [5.74, 6) is 1.50. The molecule has 1 aromatic heterocycles. The molecule has 2 aromatic carbocycles. The monoisotopic (exact) mass is 353 g/mol. The molecule has 1 aliphatic rings. The van der Waals surface area contributed by atoms with Gasteiger partial charge in [0.1, 0.15) is 17.7 Å². The normalized spacial score (nSPS) is 15.1. The average molecular weight is 353 g/mol. The van der Waals surface area contributed by atoms with Crippen LogP contribution in [-0.4, -0.2) is 29.3 Å². The van der Waals surface area contributed by atoms with Crippen LogP contribution in [0, 0.1) is 5.82 Å². The molecule has 0 atom stereocenters. The lowest BCUT2D eigenvalue weighted by Crippen LogP contribution is -2.34. The number of benzene rings is 2. The standard InChI is InChI=1S/C20H20FN3O2/c21-16-5-1-3-14(11-16)12-19-23-20(26-24-19)15-4-2-6-18(13-15)25-17-7-9-22-10-8-17/h1-6,11,13,17,22H,7-10,12H2. The summed E-state index contributed by atoms with van der Waals surface area (Å²) in [6.45, 7) is 1.97. The number of hydrogen-bond donors (Lipinski definition) is 1. The van der Waals surface area contributed by atoms with Crippen molar-refractivity contribution >= 4 is 0 Å². The highest BCUT2D eigenvalue weighted by atomic mass is 19.1. The Morgan fingerprint density at radius 1 is 1.12 bits per heavy atom. The highest BCUT2D eigenvalue weighted by Gasteiger charge is 2.16. The second kappa shape index (κ2) is 7.66. The zero-order valence-electron chi connectivity index (χ0n) is 14.3. The quantitative estimate of drug-likeness (QED) is 0.759. The summed E-state index contributed by atoms with van der Waals surface area (Å²) < 4.78 is 24.7. The molecule has 0 amide bonds. The maximum Gasteiger partial charge on any atom is 0.258 e. The molecule has 0 bridgehead atoms. The number of rotatable bonds is 5. The highest BCUT2D eigenvalue weighted by molar-refractivity contribution is 5.55. The molecule has 0 aliphatic carbocycles. The number of halogens is 1. The fourth-order valence-electron chi connectivity index (χ4n) is 3.08. The molecule has 0 spiro atoms. The van der Waals surface area contributed by atoms with E-state index in [1.165, 1.54) is 12.1 Å². The van der Waals surface area contributed by atoms with Crippen molar-refractivity contribution in [3.8, 4) is 17.2 Å². The van der Waals surface area contributed by atoms with Gasteiger partial charge in [-0.2, -0.15) is 4.98 Å². The zero-order valence-corrected chi connectivity index (χ0v) is 14.3. The molecular formula is C20H20FN3O2. The van der Waals surface area contributed by atoms with E-state index in [1.807, 2.05) is 30.3 Å². The molecular weight excluding hydrogens is 333 g/mol. The smallest absolute Gasteiger partial charge is 0.258 e. The van der Waals surface area contributed by atoms with Crippen LogP contribution < -0.4 is 10.1 Å². The van der Waals surface area contributed by atoms with Crippen LogP contribution in [-0.2, 0) is 6.42 Å². The van der Waals surface area contributed by atoms with Gasteiger partial charge in [-0.05, 0) is 61.8 Å². The van der Waals surface area contributed by atoms with Gasteiger partial charge in [0, 0.05) is 12.0 Å². The van der Waals surface area contributed by atoms with Crippen molar-refractivity contribution in [3.63, 3.8) is 0 Å². The van der Waals surface area contributed by atoms with E-state index in [9.17, 15) is 4.39 Å². The van der Waals surface area contributed by atoms with Crippen LogP contribution >= 0.6 is 0 Å². The van der Waals surface area contributed by atoms with Crippen molar-refractivity contribution in [2.75, 3.05) is 13.1 Å². The average Bonchev–Trinajstić information content (AvgIpc) is 3.11. The van der Waals surface area contributed by atoms with E-state index in [-0.39, 0.29) is 11.9 Å². The first-order chi connectivity index (χ1) is 12.8. The number of nitrogens with zero attached hydrogens (tertiary/aromatic N) is 2. The first-order valence-corrected chi connectivity index (χ1v) is 8.81. The minimum atomic E-state index is -0.269. The van der Waals surface area contributed by atoms with Crippen molar-refractivity contribution in [2.45, 2.75) is 25.4 Å². The van der Waals surface area contributed by atoms with Crippen molar-refractivity contribution < 1.29 is 13.7 Å². The van der Waals surface area contributed by atoms with E-state index in [2.05, 4.69) is 15.5 Å². The van der Waals surface area contributed by atoms with E-state index < -0.39 is 0 Å². The van der Waals surface area contributed by atoms with E-state index in [0.717, 1.165) is 42.8 Å². The summed E-state index contributed by atoms with van der Waals surface area (Å²) in [7, 11) is 0. The van der Waals surface area contributed by atoms with Gasteiger partial charge in [-0.15, -0.1) is 0 Å². The molecule has 3 aromatic rings. The van der Waals surface area contributed by atoms with E-state index in [1.54, 1.807) is 6.07 Å². The Morgan fingerprint density at radius 3 is 2.81 bits per heavy atom. The van der Waals surface area contributed by atoms with Crippen LogP contribution in [0.25, 0.3) is 11.5 Å². The second-order valence-corrected chi connectivity index (χ2v) is 6.42. The Morgan fingerprint density at radius 2 is 1.96 bits per heavy atom. The zero-order chi connectivity index (χ0) is 17.8. The number of piperidine rings is 1. The van der Waals surface area contributed by atoms with E-state index in [0.29, 0.717) is 18.1 Å². The molecule has 2 heterocycles. The Kier molecular flexibility index (Phi) is 4.93. The van der Waals surface area contributed by atoms with Gasteiger partial charge in [0.25, 0.3) is 5.89 Å². The lowest BCUT2D eigenvalue weighted by atomic mass is 10.1. The van der Waals surface area contributed by atoms with Crippen LogP contribution in [0.4, 0.5) is 4.39 Å². The lowest BCUT2D eigenvalue weighted by molar-refractivity contribution is 0.162. The van der Waals surface area contributed by atoms with E-state index >= 15 is 0 Å². The molecule has 1 aliphatic heterocycles. The fraction of sp³-hybridized carbons (Fsp3) is 0.300. The lowest BCUT2D eigenvalue weighted by Gasteiger charge is -2.23. The molecule has 1 saturated heterocycles. The molecule has 5 nitrogen and oxygen atoms in total. The number of nitrogens with one attached hydrogen (secondary N) is 1. The molecule has 134 valence electrons. The molecule has 0 radical (unpaired) electrons. The third kappa shape index (κ3) is 4.08. The minimum Gasteiger partial charge on any atom is -0.490 e. The number of hydrogen-bond acceptors (Lipinski definition) is 5. The molecule has 0 unspecified atom stereocenters. The largest absolute Gasteiger partial charge is 0.490 e. The first kappa shape index (κ1) is 16.7. The summed E-state index contributed by atoms with van der Waals surface area (Å²) in [5, 5.41) is 7.33. The van der Waals surface area contributed by atoms with Crippen LogP contribution in [0.5, 0.6) is 5.75 Å². The SMILES string of the molecule is Fc1cccc(Cc2noc(-c3cccc(OC4CCNCC4)c3)n2)c1. The van der Waals surface area contributed by atoms with Gasteiger partial charge in [-0.3, -0.25) is 0 Å². The molecule has 26 heavy (non-hydrogen) atoms. The first-order valence-electron chi connectivity index (χ1n) is 8.81. The summed E-state index contributed by atoms with van der Waals surface area (Å²) in [4.78, 5) is 4.43. The molecule has 6 heteroatoms. The van der Waals surface area contributed by atoms with Gasteiger partial charge < -0.3 is 14.6 Å². The minimum absolute atomic E-state index is 0.234. The molecule has 4 rings (SSSR count). The van der Waals surface area contributed by atoms with Gasteiger partial charge in [0.05, 0.1) is 0 Å². The third-order valence-corrected chi connectivity index (χ3v) is 4.39. The Bertz CT molecular complexity index is 875. The maximum atomic E-state index is 13.3. The van der Waals surface area contributed by atoms with Gasteiger partial charge >= 0.3 is 0 Å². The van der Waals surface area contributed by atoms with Gasteiger partial charge in [0.15, 0.2) is 5.82 Å². The second-order valence-electron chi connectivity index (χ2n) is 6.42. The van der Waals surface area contributed by atoms with Crippen LogP contribution in [0.2, 0.25) is 0 Å². The Balaban J connectivity index is 1.47. The van der Waals surface area contributed by atoms with Crippen molar-refractivity contribution in [3.05, 3.63) is 65.7 Å². The molecule has 0 saturated carbocycles. The summed E-state index contributed by atoms with van der Waals surface area (Å²) in [5.41, 5.74) is 1.62. The van der Waals surface area contributed by atoms with Gasteiger partial charge in [-0.1, -0.05) is 23.4 Å². The Hall–Kier alpha value is -2.73.